The average molecular weight is 366 g/mol. The van der Waals surface area contributed by atoms with Crippen molar-refractivity contribution in [3.63, 3.8) is 0 Å². The predicted octanol–water partition coefficient (Wildman–Crippen LogP) is 4.31. The normalized spacial score (nSPS) is 14.1. The van der Waals surface area contributed by atoms with Crippen LogP contribution in [0.3, 0.4) is 0 Å². The number of benzene rings is 1. The maximum Gasteiger partial charge on any atom is 0.433 e. The van der Waals surface area contributed by atoms with E-state index in [0.717, 1.165) is 12.5 Å². The van der Waals surface area contributed by atoms with Gasteiger partial charge in [-0.05, 0) is 30.7 Å². The minimum Gasteiger partial charge on any atom is -0.387 e. The van der Waals surface area contributed by atoms with Crippen molar-refractivity contribution in [2.75, 3.05) is 13.1 Å². The van der Waals surface area contributed by atoms with Gasteiger partial charge in [-0.3, -0.25) is 0 Å². The van der Waals surface area contributed by atoms with E-state index in [-0.39, 0.29) is 17.5 Å². The third kappa shape index (κ3) is 4.40. The molecule has 0 aliphatic heterocycles. The van der Waals surface area contributed by atoms with Crippen molar-refractivity contribution >= 4 is 10.9 Å². The molecule has 25 heavy (non-hydrogen) atoms. The number of alkyl halides is 6. The average Bonchev–Trinajstić information content (AvgIpc) is 2.51. The molecule has 2 aromatic rings. The van der Waals surface area contributed by atoms with Crippen molar-refractivity contribution in [2.45, 2.75) is 31.8 Å². The van der Waals surface area contributed by atoms with Gasteiger partial charge in [0.25, 0.3) is 0 Å². The smallest absolute Gasteiger partial charge is 0.387 e. The van der Waals surface area contributed by atoms with Gasteiger partial charge >= 0.3 is 12.4 Å². The van der Waals surface area contributed by atoms with E-state index in [1.165, 1.54) is 6.07 Å². The molecule has 0 unspecified atom stereocenters. The molecule has 0 fully saturated rings. The van der Waals surface area contributed by atoms with Crippen LogP contribution >= 0.6 is 0 Å². The maximum absolute atomic E-state index is 13.1. The standard InChI is InChI=1S/C16H16F6N2O/c1-2-6-23-8-12(25)10-7-13(16(20,21)22)24-14-9(10)4-3-5-11(14)15(17,18)19/h3-5,7,12,23,25H,2,6,8H2,1H3/t12-/m0/s1. The third-order valence-corrected chi connectivity index (χ3v) is 3.59. The first-order chi connectivity index (χ1) is 11.6. The zero-order chi connectivity index (χ0) is 18.8. The Labute approximate surface area is 139 Å². The number of halogens is 6. The molecule has 1 atom stereocenters. The molecule has 1 heterocycles. The van der Waals surface area contributed by atoms with E-state index in [4.69, 9.17) is 0 Å². The maximum atomic E-state index is 13.1. The molecule has 0 spiro atoms. The minimum absolute atomic E-state index is 0.0828. The van der Waals surface area contributed by atoms with Crippen LogP contribution in [-0.4, -0.2) is 23.2 Å². The number of nitrogens with one attached hydrogen (secondary N) is 1. The molecule has 0 amide bonds. The number of pyridine rings is 1. The number of hydrogen-bond acceptors (Lipinski definition) is 3. The number of aliphatic hydroxyl groups excluding tert-OH is 1. The molecule has 0 saturated carbocycles. The summed E-state index contributed by atoms with van der Waals surface area (Å²) in [5, 5.41) is 12.9. The minimum atomic E-state index is -4.93. The number of para-hydroxylation sites is 1. The summed E-state index contributed by atoms with van der Waals surface area (Å²) >= 11 is 0. The summed E-state index contributed by atoms with van der Waals surface area (Å²) < 4.78 is 78.6. The van der Waals surface area contributed by atoms with Gasteiger partial charge in [0.15, 0.2) is 0 Å². The van der Waals surface area contributed by atoms with Gasteiger partial charge in [-0.1, -0.05) is 19.1 Å². The summed E-state index contributed by atoms with van der Waals surface area (Å²) in [4.78, 5) is 3.18. The van der Waals surface area contributed by atoms with Crippen LogP contribution in [0.15, 0.2) is 24.3 Å². The Bertz CT molecular complexity index is 742. The second-order valence-corrected chi connectivity index (χ2v) is 5.51. The first-order valence-electron chi connectivity index (χ1n) is 7.52. The number of fused-ring (bicyclic) bond motifs is 1. The van der Waals surface area contributed by atoms with Gasteiger partial charge in [0.2, 0.25) is 0 Å². The molecule has 9 heteroatoms. The van der Waals surface area contributed by atoms with E-state index in [9.17, 15) is 31.4 Å². The molecule has 0 saturated heterocycles. The van der Waals surface area contributed by atoms with Crippen molar-refractivity contribution in [2.24, 2.45) is 0 Å². The first kappa shape index (κ1) is 19.5. The van der Waals surface area contributed by atoms with Crippen molar-refractivity contribution in [1.29, 1.82) is 0 Å². The lowest BCUT2D eigenvalue weighted by atomic mass is 9.99. The van der Waals surface area contributed by atoms with Gasteiger partial charge in [-0.15, -0.1) is 0 Å². The summed E-state index contributed by atoms with van der Waals surface area (Å²) in [5.74, 6) is 0. The largest absolute Gasteiger partial charge is 0.433 e. The van der Waals surface area contributed by atoms with Crippen LogP contribution in [0.2, 0.25) is 0 Å². The zero-order valence-corrected chi connectivity index (χ0v) is 13.2. The van der Waals surface area contributed by atoms with Gasteiger partial charge in [0, 0.05) is 11.9 Å². The van der Waals surface area contributed by atoms with E-state index in [2.05, 4.69) is 10.3 Å². The van der Waals surface area contributed by atoms with Gasteiger partial charge in [-0.2, -0.15) is 26.3 Å². The molecule has 0 radical (unpaired) electrons. The second-order valence-electron chi connectivity index (χ2n) is 5.51. The molecule has 1 aromatic heterocycles. The Morgan fingerprint density at radius 1 is 1.12 bits per heavy atom. The van der Waals surface area contributed by atoms with Crippen LogP contribution in [0.5, 0.6) is 0 Å². The van der Waals surface area contributed by atoms with Crippen molar-refractivity contribution in [1.82, 2.24) is 10.3 Å². The number of aromatic nitrogens is 1. The highest BCUT2D eigenvalue weighted by Crippen LogP contribution is 2.38. The van der Waals surface area contributed by atoms with Crippen molar-refractivity contribution in [3.05, 3.63) is 41.1 Å². The van der Waals surface area contributed by atoms with E-state index < -0.39 is 35.2 Å². The van der Waals surface area contributed by atoms with Crippen LogP contribution in [0.4, 0.5) is 26.3 Å². The van der Waals surface area contributed by atoms with Gasteiger partial charge < -0.3 is 10.4 Å². The van der Waals surface area contributed by atoms with Gasteiger partial charge in [0.1, 0.15) is 5.69 Å². The Balaban J connectivity index is 2.67. The molecule has 3 nitrogen and oxygen atoms in total. The molecule has 1 aromatic carbocycles. The van der Waals surface area contributed by atoms with E-state index in [1.54, 1.807) is 0 Å². The Morgan fingerprint density at radius 3 is 2.36 bits per heavy atom. The summed E-state index contributed by atoms with van der Waals surface area (Å²) in [6.07, 6.45) is -10.5. The molecule has 0 bridgehead atoms. The summed E-state index contributed by atoms with van der Waals surface area (Å²) in [6.45, 7) is 2.29. The fourth-order valence-electron chi connectivity index (χ4n) is 2.45. The SMILES string of the molecule is CCCNC[C@H](O)c1cc(C(F)(F)F)nc2c(C(F)(F)F)cccc12. The summed E-state index contributed by atoms with van der Waals surface area (Å²) in [5.41, 5.74) is -3.81. The van der Waals surface area contributed by atoms with Gasteiger partial charge in [-0.25, -0.2) is 4.98 Å². The fourth-order valence-corrected chi connectivity index (χ4v) is 2.45. The van der Waals surface area contributed by atoms with Gasteiger partial charge in [0.05, 0.1) is 17.2 Å². The van der Waals surface area contributed by atoms with Crippen molar-refractivity contribution < 1.29 is 31.4 Å². The number of rotatable bonds is 5. The lowest BCUT2D eigenvalue weighted by Crippen LogP contribution is -2.23. The second kappa shape index (κ2) is 7.17. The molecule has 138 valence electrons. The van der Waals surface area contributed by atoms with Crippen molar-refractivity contribution in [3.8, 4) is 0 Å². The Morgan fingerprint density at radius 2 is 1.80 bits per heavy atom. The number of aliphatic hydroxyl groups is 1. The van der Waals surface area contributed by atoms with Crippen LogP contribution in [-0.2, 0) is 12.4 Å². The quantitative estimate of drug-likeness (QED) is 0.612. The highest BCUT2D eigenvalue weighted by atomic mass is 19.4. The highest BCUT2D eigenvalue weighted by Gasteiger charge is 2.37. The highest BCUT2D eigenvalue weighted by molar-refractivity contribution is 5.86. The topological polar surface area (TPSA) is 45.1 Å². The molecular weight excluding hydrogens is 350 g/mol. The monoisotopic (exact) mass is 366 g/mol. The van der Waals surface area contributed by atoms with Crippen LogP contribution < -0.4 is 5.32 Å². The molecule has 0 aliphatic carbocycles. The van der Waals surface area contributed by atoms with Crippen LogP contribution in [0.25, 0.3) is 10.9 Å². The lowest BCUT2D eigenvalue weighted by Gasteiger charge is -2.18. The molecule has 2 rings (SSSR count). The van der Waals surface area contributed by atoms with Crippen LogP contribution in [0, 0.1) is 0 Å². The zero-order valence-electron chi connectivity index (χ0n) is 13.2. The fraction of sp³-hybridized carbons (Fsp3) is 0.438. The lowest BCUT2D eigenvalue weighted by molar-refractivity contribution is -0.142. The van der Waals surface area contributed by atoms with Crippen LogP contribution in [0.1, 0.15) is 36.3 Å². The Kier molecular flexibility index (Phi) is 5.58. The first-order valence-corrected chi connectivity index (χ1v) is 7.52. The summed E-state index contributed by atoms with van der Waals surface area (Å²) in [7, 11) is 0. The van der Waals surface area contributed by atoms with E-state index in [0.29, 0.717) is 18.7 Å². The number of nitrogens with zero attached hydrogens (tertiary/aromatic N) is 1. The Hall–Kier alpha value is -1.87. The summed E-state index contributed by atoms with van der Waals surface area (Å²) in [6, 6.07) is 3.56. The van der Waals surface area contributed by atoms with E-state index in [1.807, 2.05) is 6.92 Å². The number of hydrogen-bond donors (Lipinski definition) is 2. The molecule has 0 aliphatic rings. The third-order valence-electron chi connectivity index (χ3n) is 3.59. The molecule has 2 N–H and O–H groups in total. The predicted molar refractivity (Wildman–Crippen MR) is 79.9 cm³/mol. The molecular formula is C16H16F6N2O. The van der Waals surface area contributed by atoms with E-state index >= 15 is 0 Å².